The topological polar surface area (TPSA) is 79.9 Å². The van der Waals surface area contributed by atoms with Gasteiger partial charge in [0.1, 0.15) is 0 Å². The Morgan fingerprint density at radius 3 is 2.61 bits per heavy atom. The molecule has 126 valence electrons. The first-order valence-corrected chi connectivity index (χ1v) is 8.28. The van der Waals surface area contributed by atoms with Gasteiger partial charge in [-0.3, -0.25) is 4.99 Å². The molecular formula is C16H26N6O. The van der Waals surface area contributed by atoms with Crippen molar-refractivity contribution < 1.29 is 4.74 Å². The Kier molecular flexibility index (Phi) is 4.66. The molecule has 0 aromatic carbocycles. The highest BCUT2D eigenvalue weighted by atomic mass is 16.5. The monoisotopic (exact) mass is 318 g/mol. The fourth-order valence-electron chi connectivity index (χ4n) is 3.09. The average molecular weight is 318 g/mol. The van der Waals surface area contributed by atoms with Crippen LogP contribution < -0.4 is 10.6 Å². The van der Waals surface area contributed by atoms with E-state index in [-0.39, 0.29) is 11.7 Å². The van der Waals surface area contributed by atoms with Crippen LogP contribution in [0.3, 0.4) is 0 Å². The number of aromatic nitrogens is 2. The standard InChI is InChI=1S/C16H26N6O/c1-16(2)5-4-13(23-16)12-20-14(17)21-8-10-22(11-9-21)15-18-6-3-7-19-15/h3,6-7,13H,4-5,8-12H2,1-2H3,(H2,17,20). The highest BCUT2D eigenvalue weighted by Gasteiger charge is 2.31. The van der Waals surface area contributed by atoms with Gasteiger partial charge < -0.3 is 20.3 Å². The summed E-state index contributed by atoms with van der Waals surface area (Å²) in [7, 11) is 0. The smallest absolute Gasteiger partial charge is 0.225 e. The summed E-state index contributed by atoms with van der Waals surface area (Å²) >= 11 is 0. The average Bonchev–Trinajstić information content (AvgIpc) is 2.93. The van der Waals surface area contributed by atoms with E-state index in [0.717, 1.165) is 45.0 Å². The lowest BCUT2D eigenvalue weighted by Crippen LogP contribution is -2.51. The van der Waals surface area contributed by atoms with Gasteiger partial charge in [0.25, 0.3) is 0 Å². The van der Waals surface area contributed by atoms with Crippen LogP contribution in [0, 0.1) is 0 Å². The maximum Gasteiger partial charge on any atom is 0.225 e. The second-order valence-corrected chi connectivity index (χ2v) is 6.76. The summed E-state index contributed by atoms with van der Waals surface area (Å²) in [5.41, 5.74) is 6.13. The zero-order valence-electron chi connectivity index (χ0n) is 14.0. The molecule has 1 unspecified atom stereocenters. The van der Waals surface area contributed by atoms with E-state index in [2.05, 4.69) is 38.6 Å². The van der Waals surface area contributed by atoms with Crippen molar-refractivity contribution in [2.24, 2.45) is 10.7 Å². The zero-order valence-corrected chi connectivity index (χ0v) is 14.0. The second-order valence-electron chi connectivity index (χ2n) is 6.76. The van der Waals surface area contributed by atoms with Gasteiger partial charge in [-0.15, -0.1) is 0 Å². The van der Waals surface area contributed by atoms with E-state index in [1.807, 2.05) is 6.07 Å². The number of nitrogens with two attached hydrogens (primary N) is 1. The molecule has 7 heteroatoms. The van der Waals surface area contributed by atoms with E-state index in [0.29, 0.717) is 12.5 Å². The summed E-state index contributed by atoms with van der Waals surface area (Å²) in [4.78, 5) is 17.4. The van der Waals surface area contributed by atoms with E-state index in [9.17, 15) is 0 Å². The summed E-state index contributed by atoms with van der Waals surface area (Å²) < 4.78 is 5.96. The molecule has 1 atom stereocenters. The quantitative estimate of drug-likeness (QED) is 0.658. The van der Waals surface area contributed by atoms with Gasteiger partial charge >= 0.3 is 0 Å². The maximum atomic E-state index is 6.15. The predicted octanol–water partition coefficient (Wildman–Crippen LogP) is 0.871. The first-order chi connectivity index (χ1) is 11.0. The zero-order chi connectivity index (χ0) is 16.3. The lowest BCUT2D eigenvalue weighted by molar-refractivity contribution is -0.0107. The van der Waals surface area contributed by atoms with Crippen LogP contribution in [-0.2, 0) is 4.74 Å². The lowest BCUT2D eigenvalue weighted by atomic mass is 10.1. The fourth-order valence-corrected chi connectivity index (χ4v) is 3.09. The minimum Gasteiger partial charge on any atom is -0.370 e. The number of piperazine rings is 1. The third kappa shape index (κ3) is 4.10. The third-order valence-corrected chi connectivity index (χ3v) is 4.45. The van der Waals surface area contributed by atoms with E-state index >= 15 is 0 Å². The summed E-state index contributed by atoms with van der Waals surface area (Å²) in [5, 5.41) is 0. The van der Waals surface area contributed by atoms with E-state index in [4.69, 9.17) is 10.5 Å². The van der Waals surface area contributed by atoms with Gasteiger partial charge in [0.15, 0.2) is 5.96 Å². The third-order valence-electron chi connectivity index (χ3n) is 4.45. The van der Waals surface area contributed by atoms with Crippen LogP contribution in [0.1, 0.15) is 26.7 Å². The normalized spacial score (nSPS) is 25.0. The number of anilines is 1. The fraction of sp³-hybridized carbons (Fsp3) is 0.688. The van der Waals surface area contributed by atoms with Crippen LogP contribution >= 0.6 is 0 Å². The number of ether oxygens (including phenoxy) is 1. The first-order valence-electron chi connectivity index (χ1n) is 8.28. The SMILES string of the molecule is CC1(C)CCC(CN=C(N)N2CCN(c3ncccn3)CC2)O1. The summed E-state index contributed by atoms with van der Waals surface area (Å²) in [6.07, 6.45) is 5.88. The summed E-state index contributed by atoms with van der Waals surface area (Å²) in [6.45, 7) is 8.29. The summed E-state index contributed by atoms with van der Waals surface area (Å²) in [5.74, 6) is 1.40. The molecule has 1 aromatic rings. The number of aliphatic imine (C=N–C) groups is 1. The molecule has 2 N–H and O–H groups in total. The van der Waals surface area contributed by atoms with Crippen molar-refractivity contribution in [3.05, 3.63) is 18.5 Å². The van der Waals surface area contributed by atoms with Crippen molar-refractivity contribution in [2.45, 2.75) is 38.4 Å². The van der Waals surface area contributed by atoms with E-state index < -0.39 is 0 Å². The molecule has 3 heterocycles. The van der Waals surface area contributed by atoms with Gasteiger partial charge in [0.2, 0.25) is 5.95 Å². The van der Waals surface area contributed by atoms with Crippen LogP contribution in [0.15, 0.2) is 23.5 Å². The highest BCUT2D eigenvalue weighted by molar-refractivity contribution is 5.78. The molecule has 2 aliphatic rings. The molecule has 2 aliphatic heterocycles. The largest absolute Gasteiger partial charge is 0.370 e. The Bertz CT molecular complexity index is 539. The van der Waals surface area contributed by atoms with Crippen LogP contribution in [-0.4, -0.2) is 65.3 Å². The molecule has 0 spiro atoms. The molecule has 0 amide bonds. The molecule has 0 saturated carbocycles. The molecule has 2 fully saturated rings. The second kappa shape index (κ2) is 6.70. The summed E-state index contributed by atoms with van der Waals surface area (Å²) in [6, 6.07) is 1.83. The van der Waals surface area contributed by atoms with Crippen LogP contribution in [0.25, 0.3) is 0 Å². The predicted molar refractivity (Wildman–Crippen MR) is 90.5 cm³/mol. The number of rotatable bonds is 3. The van der Waals surface area contributed by atoms with Gasteiger partial charge in [-0.05, 0) is 32.8 Å². The van der Waals surface area contributed by atoms with Gasteiger partial charge in [-0.1, -0.05) is 0 Å². The molecular weight excluding hydrogens is 292 g/mol. The number of hydrogen-bond donors (Lipinski definition) is 1. The van der Waals surface area contributed by atoms with Crippen molar-refractivity contribution in [2.75, 3.05) is 37.6 Å². The minimum atomic E-state index is -0.0176. The van der Waals surface area contributed by atoms with Crippen molar-refractivity contribution in [3.8, 4) is 0 Å². The van der Waals surface area contributed by atoms with E-state index in [1.54, 1.807) is 12.4 Å². The first kappa shape index (κ1) is 16.0. The Labute approximate surface area is 137 Å². The van der Waals surface area contributed by atoms with Gasteiger partial charge in [0.05, 0.1) is 18.2 Å². The van der Waals surface area contributed by atoms with Gasteiger partial charge in [-0.25, -0.2) is 9.97 Å². The van der Waals surface area contributed by atoms with E-state index in [1.165, 1.54) is 0 Å². The lowest BCUT2D eigenvalue weighted by Gasteiger charge is -2.35. The highest BCUT2D eigenvalue weighted by Crippen LogP contribution is 2.29. The van der Waals surface area contributed by atoms with Crippen molar-refractivity contribution in [1.29, 1.82) is 0 Å². The van der Waals surface area contributed by atoms with Crippen LogP contribution in [0.2, 0.25) is 0 Å². The van der Waals surface area contributed by atoms with Gasteiger partial charge in [0, 0.05) is 38.6 Å². The molecule has 7 nitrogen and oxygen atoms in total. The Balaban J connectivity index is 1.48. The Morgan fingerprint density at radius 1 is 1.30 bits per heavy atom. The van der Waals surface area contributed by atoms with Crippen molar-refractivity contribution in [3.63, 3.8) is 0 Å². The van der Waals surface area contributed by atoms with Gasteiger partial charge in [-0.2, -0.15) is 0 Å². The number of nitrogens with zero attached hydrogens (tertiary/aromatic N) is 5. The van der Waals surface area contributed by atoms with Crippen molar-refractivity contribution in [1.82, 2.24) is 14.9 Å². The van der Waals surface area contributed by atoms with Crippen molar-refractivity contribution >= 4 is 11.9 Å². The molecule has 0 bridgehead atoms. The minimum absolute atomic E-state index is 0.0176. The Hall–Kier alpha value is -1.89. The number of hydrogen-bond acceptors (Lipinski definition) is 5. The van der Waals surface area contributed by atoms with Crippen LogP contribution in [0.5, 0.6) is 0 Å². The molecule has 0 aliphatic carbocycles. The Morgan fingerprint density at radius 2 is 2.00 bits per heavy atom. The molecule has 2 saturated heterocycles. The number of guanidine groups is 1. The molecule has 0 radical (unpaired) electrons. The molecule has 1 aromatic heterocycles. The molecule has 3 rings (SSSR count). The maximum absolute atomic E-state index is 6.15. The molecule has 23 heavy (non-hydrogen) atoms. The van der Waals surface area contributed by atoms with Crippen LogP contribution in [0.4, 0.5) is 5.95 Å².